The van der Waals surface area contributed by atoms with Crippen molar-refractivity contribution in [3.8, 4) is 0 Å². The molecule has 0 amide bonds. The van der Waals surface area contributed by atoms with Gasteiger partial charge in [-0.2, -0.15) is 0 Å². The van der Waals surface area contributed by atoms with E-state index in [0.717, 1.165) is 89.9 Å². The molecule has 0 aromatic carbocycles. The molecule has 14 N–H and O–H groups in total. The highest BCUT2D eigenvalue weighted by Crippen LogP contribution is 2.68. The molecule has 0 radical (unpaired) electrons. The van der Waals surface area contributed by atoms with Crippen LogP contribution in [0.4, 0.5) is 0 Å². The summed E-state index contributed by atoms with van der Waals surface area (Å²) >= 11 is 0. The Morgan fingerprint density at radius 2 is 0.786 bits per heavy atom. The van der Waals surface area contributed by atoms with Gasteiger partial charge in [-0.3, -0.25) is 9.59 Å². The van der Waals surface area contributed by atoms with E-state index in [1.165, 1.54) is 25.7 Å². The fourth-order valence-electron chi connectivity index (χ4n) is 11.6. The summed E-state index contributed by atoms with van der Waals surface area (Å²) in [6.07, 6.45) is 13.5. The van der Waals surface area contributed by atoms with Gasteiger partial charge < -0.3 is 71.5 Å². The number of carboxylic acid groups (broad SMARTS) is 2. The molecule has 0 aliphatic carbocycles. The first-order chi connectivity index (χ1) is 33.5. The number of carboxylic acids is 2. The predicted molar refractivity (Wildman–Crippen MR) is 272 cm³/mol. The molecular formula is C54H104O16. The van der Waals surface area contributed by atoms with E-state index in [9.17, 15) is 76.0 Å². The summed E-state index contributed by atoms with van der Waals surface area (Å²) in [5.41, 5.74) is -6.28. The molecule has 0 saturated heterocycles. The minimum Gasteiger partial charge on any atom is -0.481 e. The number of allylic oxidation sites excluding steroid dienone is 2. The quantitative estimate of drug-likeness (QED) is 0.0235. The van der Waals surface area contributed by atoms with E-state index >= 15 is 0 Å². The highest BCUT2D eigenvalue weighted by Gasteiger charge is 2.68. The van der Waals surface area contributed by atoms with Crippen LogP contribution in [0.3, 0.4) is 0 Å². The van der Waals surface area contributed by atoms with E-state index in [1.54, 1.807) is 0 Å². The van der Waals surface area contributed by atoms with Crippen LogP contribution in [0.1, 0.15) is 219 Å². The molecule has 70 heavy (non-hydrogen) atoms. The van der Waals surface area contributed by atoms with Gasteiger partial charge in [0.15, 0.2) is 0 Å². The van der Waals surface area contributed by atoms with Gasteiger partial charge >= 0.3 is 11.9 Å². The van der Waals surface area contributed by atoms with Gasteiger partial charge in [-0.25, -0.2) is 0 Å². The van der Waals surface area contributed by atoms with Crippen LogP contribution in [0.15, 0.2) is 12.2 Å². The monoisotopic (exact) mass is 1010 g/mol. The molecule has 416 valence electrons. The number of unbranched alkanes of at least 4 members (excludes halogenated alkanes) is 21. The molecule has 16 nitrogen and oxygen atoms in total. The topological polar surface area (TPSA) is 317 Å². The average Bonchev–Trinajstić information content (AvgIpc) is 3.34. The van der Waals surface area contributed by atoms with Crippen LogP contribution in [0.25, 0.3) is 0 Å². The van der Waals surface area contributed by atoms with Crippen LogP contribution < -0.4 is 0 Å². The highest BCUT2D eigenvalue weighted by atomic mass is 16.4. The Morgan fingerprint density at radius 3 is 1.19 bits per heavy atom. The number of aliphatic hydroxyl groups is 12. The highest BCUT2D eigenvalue weighted by molar-refractivity contribution is 5.76. The Labute approximate surface area is 421 Å². The molecule has 0 heterocycles. The first kappa shape index (κ1) is 68.2. The lowest BCUT2D eigenvalue weighted by atomic mass is 9.39. The zero-order chi connectivity index (χ0) is 52.7. The largest absolute Gasteiger partial charge is 0.481 e. The predicted octanol–water partition coefficient (Wildman–Crippen LogP) is 6.30. The van der Waals surface area contributed by atoms with E-state index in [0.29, 0.717) is 32.1 Å². The lowest BCUT2D eigenvalue weighted by Crippen LogP contribution is -2.65. The number of carbonyl (C=O) groups is 2. The van der Waals surface area contributed by atoms with Crippen molar-refractivity contribution in [3.05, 3.63) is 12.2 Å². The molecule has 0 rings (SSSR count). The third kappa shape index (κ3) is 26.4. The standard InChI is InChI=1S/C54H104O16/c1-2-3-4-5-6-7-13-16-19-22-25-28-43(31-44(61)37-55)53(33-46(63)39-57,34-47(64)40-58)54(35-48(65)41-59,36-49(66)42-60)52(51(69)70,32-45(62)38-56)30-27-24-21-18-15-12-10-8-9-11-14-17-20-23-26-29-50(67)68/h8-9,43-49,55-66H,2-7,10-42H2,1H3,(H,67,68)(H,69,70)/b9-8-. The van der Waals surface area contributed by atoms with Crippen molar-refractivity contribution >= 4 is 11.9 Å². The number of hydrogen-bond acceptors (Lipinski definition) is 14. The second-order valence-corrected chi connectivity index (χ2v) is 20.8. The molecule has 0 spiro atoms. The van der Waals surface area contributed by atoms with E-state index < -0.39 is 142 Å². The third-order valence-corrected chi connectivity index (χ3v) is 15.1. The molecule has 0 bridgehead atoms. The summed E-state index contributed by atoms with van der Waals surface area (Å²) in [5.74, 6) is -3.22. The maximum Gasteiger partial charge on any atom is 0.310 e. The van der Waals surface area contributed by atoms with Crippen LogP contribution in [-0.4, -0.2) is 160 Å². The van der Waals surface area contributed by atoms with Crippen molar-refractivity contribution in [2.45, 2.75) is 255 Å². The van der Waals surface area contributed by atoms with Gasteiger partial charge in [-0.1, -0.05) is 141 Å². The maximum atomic E-state index is 14.6. The average molecular weight is 1010 g/mol. The lowest BCUT2D eigenvalue weighted by molar-refractivity contribution is -0.225. The Morgan fingerprint density at radius 1 is 0.429 bits per heavy atom. The second kappa shape index (κ2) is 41.5. The lowest BCUT2D eigenvalue weighted by Gasteiger charge is -2.64. The van der Waals surface area contributed by atoms with Gasteiger partial charge in [0.25, 0.3) is 0 Å². The second-order valence-electron chi connectivity index (χ2n) is 20.8. The summed E-state index contributed by atoms with van der Waals surface area (Å²) in [7, 11) is 0. The minimum atomic E-state index is -2.26. The van der Waals surface area contributed by atoms with Gasteiger partial charge in [-0.15, -0.1) is 0 Å². The molecule has 16 heteroatoms. The van der Waals surface area contributed by atoms with Crippen LogP contribution in [0, 0.1) is 22.2 Å². The zero-order valence-electron chi connectivity index (χ0n) is 43.4. The van der Waals surface area contributed by atoms with Gasteiger partial charge in [0, 0.05) is 6.42 Å². The first-order valence-corrected chi connectivity index (χ1v) is 27.4. The van der Waals surface area contributed by atoms with E-state index in [1.807, 2.05) is 0 Å². The maximum absolute atomic E-state index is 14.6. The van der Waals surface area contributed by atoms with E-state index in [4.69, 9.17) is 5.11 Å². The molecule has 0 aliphatic heterocycles. The smallest absolute Gasteiger partial charge is 0.310 e. The Bertz CT molecular complexity index is 1260. The molecule has 0 aliphatic rings. The fourth-order valence-corrected chi connectivity index (χ4v) is 11.6. The zero-order valence-corrected chi connectivity index (χ0v) is 43.4. The van der Waals surface area contributed by atoms with Crippen molar-refractivity contribution in [2.75, 3.05) is 39.6 Å². The van der Waals surface area contributed by atoms with Crippen LogP contribution in [0.5, 0.6) is 0 Å². The summed E-state index contributed by atoms with van der Waals surface area (Å²) in [4.78, 5) is 25.2. The SMILES string of the molecule is CCCCCCCCCCCCCC(CC(O)CO)C(CC(O)CO)(CC(O)CO)C(CC(O)CO)(CC(O)CO)C(CCCCCCCC/C=C\CCCCCCCC(=O)O)(CC(O)CO)C(=O)O. The summed E-state index contributed by atoms with van der Waals surface area (Å²) < 4.78 is 0. The number of rotatable bonds is 51. The first-order valence-electron chi connectivity index (χ1n) is 27.4. The summed E-state index contributed by atoms with van der Waals surface area (Å²) in [6.45, 7) is -2.91. The molecule has 0 aromatic rings. The van der Waals surface area contributed by atoms with Crippen molar-refractivity contribution in [1.82, 2.24) is 0 Å². The molecule has 0 saturated carbocycles. The summed E-state index contributed by atoms with van der Waals surface area (Å²) in [6, 6.07) is 0. The molecule has 0 fully saturated rings. The van der Waals surface area contributed by atoms with Gasteiger partial charge in [0.05, 0.1) is 81.7 Å². The van der Waals surface area contributed by atoms with E-state index in [-0.39, 0.29) is 32.1 Å². The van der Waals surface area contributed by atoms with Crippen molar-refractivity contribution in [1.29, 1.82) is 0 Å². The van der Waals surface area contributed by atoms with Crippen LogP contribution >= 0.6 is 0 Å². The number of hydrogen-bond donors (Lipinski definition) is 14. The Hall–Kier alpha value is -1.80. The van der Waals surface area contributed by atoms with Gasteiger partial charge in [0.1, 0.15) is 0 Å². The Balaban J connectivity index is 7.24. The molecular weight excluding hydrogens is 905 g/mol. The van der Waals surface area contributed by atoms with Crippen LogP contribution in [-0.2, 0) is 9.59 Å². The van der Waals surface area contributed by atoms with Crippen molar-refractivity contribution in [2.24, 2.45) is 22.2 Å². The van der Waals surface area contributed by atoms with Crippen molar-refractivity contribution in [3.63, 3.8) is 0 Å². The fraction of sp³-hybridized carbons (Fsp3) is 0.926. The molecule has 8 unspecified atom stereocenters. The number of aliphatic carboxylic acids is 2. The van der Waals surface area contributed by atoms with Gasteiger partial charge in [0.2, 0.25) is 0 Å². The molecule has 8 atom stereocenters. The summed E-state index contributed by atoms with van der Waals surface area (Å²) in [5, 5.41) is 153. The normalized spacial score (nSPS) is 17.8. The minimum absolute atomic E-state index is 0.209. The van der Waals surface area contributed by atoms with Crippen molar-refractivity contribution < 1.29 is 81.1 Å². The molecule has 0 aromatic heterocycles. The Kier molecular flexibility index (Phi) is 40.5. The third-order valence-electron chi connectivity index (χ3n) is 15.1. The van der Waals surface area contributed by atoms with Crippen LogP contribution in [0.2, 0.25) is 0 Å². The number of aliphatic hydroxyl groups excluding tert-OH is 12. The van der Waals surface area contributed by atoms with E-state index in [2.05, 4.69) is 19.1 Å². The van der Waals surface area contributed by atoms with Gasteiger partial charge in [-0.05, 0) is 100 Å².